The van der Waals surface area contributed by atoms with Crippen molar-refractivity contribution in [3.05, 3.63) is 24.0 Å². The van der Waals surface area contributed by atoms with Crippen molar-refractivity contribution < 1.29 is 0 Å². The molecule has 0 saturated heterocycles. The highest BCUT2D eigenvalue weighted by molar-refractivity contribution is 5.46. The number of terminal acetylenes is 1. The summed E-state index contributed by atoms with van der Waals surface area (Å²) in [6, 6.07) is 4.13. The van der Waals surface area contributed by atoms with Gasteiger partial charge in [0, 0.05) is 12.6 Å². The third kappa shape index (κ3) is 3.24. The van der Waals surface area contributed by atoms with Gasteiger partial charge in [-0.05, 0) is 37.3 Å². The van der Waals surface area contributed by atoms with E-state index in [1.807, 2.05) is 12.3 Å². The molecule has 1 aromatic rings. The number of nitrogens with zero attached hydrogens (tertiary/aromatic N) is 2. The lowest BCUT2D eigenvalue weighted by Gasteiger charge is -2.22. The van der Waals surface area contributed by atoms with Crippen LogP contribution >= 0.6 is 0 Å². The van der Waals surface area contributed by atoms with Gasteiger partial charge in [0.1, 0.15) is 0 Å². The van der Waals surface area contributed by atoms with Gasteiger partial charge in [0.15, 0.2) is 0 Å². The fraction of sp³-hybridized carbons (Fsp3) is 0.533. The molecule has 1 aromatic heterocycles. The van der Waals surface area contributed by atoms with E-state index >= 15 is 0 Å². The van der Waals surface area contributed by atoms with Crippen molar-refractivity contribution in [1.29, 1.82) is 0 Å². The van der Waals surface area contributed by atoms with Gasteiger partial charge in [0.2, 0.25) is 0 Å². The molecule has 1 aliphatic carbocycles. The van der Waals surface area contributed by atoms with Crippen molar-refractivity contribution in [1.82, 2.24) is 4.98 Å². The van der Waals surface area contributed by atoms with Crippen LogP contribution in [0.3, 0.4) is 0 Å². The molecule has 0 aliphatic heterocycles. The minimum absolute atomic E-state index is 0.0311. The van der Waals surface area contributed by atoms with E-state index in [0.717, 1.165) is 30.3 Å². The van der Waals surface area contributed by atoms with Crippen molar-refractivity contribution in [2.45, 2.75) is 32.2 Å². The summed E-state index contributed by atoms with van der Waals surface area (Å²) in [6.07, 6.45) is 10.9. The van der Waals surface area contributed by atoms with Crippen molar-refractivity contribution in [2.24, 2.45) is 11.7 Å². The summed E-state index contributed by atoms with van der Waals surface area (Å²) in [4.78, 5) is 6.67. The van der Waals surface area contributed by atoms with Crippen LogP contribution in [-0.2, 0) is 0 Å². The number of rotatable bonds is 6. The number of anilines is 1. The Morgan fingerprint density at radius 3 is 2.83 bits per heavy atom. The Balaban J connectivity index is 2.07. The Bertz CT molecular complexity index is 414. The highest BCUT2D eigenvalue weighted by atomic mass is 15.1. The lowest BCUT2D eigenvalue weighted by atomic mass is 10.1. The molecule has 0 aromatic carbocycles. The molecule has 2 rings (SSSR count). The monoisotopic (exact) mass is 243 g/mol. The summed E-state index contributed by atoms with van der Waals surface area (Å²) < 4.78 is 0. The summed E-state index contributed by atoms with van der Waals surface area (Å²) in [7, 11) is 0. The van der Waals surface area contributed by atoms with Gasteiger partial charge in [-0.25, -0.2) is 0 Å². The van der Waals surface area contributed by atoms with E-state index in [0.29, 0.717) is 6.54 Å². The van der Waals surface area contributed by atoms with Crippen LogP contribution in [-0.4, -0.2) is 18.1 Å². The lowest BCUT2D eigenvalue weighted by molar-refractivity contribution is 0.674. The second kappa shape index (κ2) is 5.88. The lowest BCUT2D eigenvalue weighted by Crippen LogP contribution is -2.26. The maximum Gasteiger partial charge on any atom is 0.0792 e. The smallest absolute Gasteiger partial charge is 0.0792 e. The Morgan fingerprint density at radius 2 is 2.33 bits per heavy atom. The zero-order valence-corrected chi connectivity index (χ0v) is 11.0. The van der Waals surface area contributed by atoms with E-state index in [1.165, 1.54) is 12.8 Å². The van der Waals surface area contributed by atoms with Crippen LogP contribution in [0.25, 0.3) is 0 Å². The van der Waals surface area contributed by atoms with Crippen LogP contribution in [0, 0.1) is 18.3 Å². The molecular weight excluding hydrogens is 222 g/mol. The first kappa shape index (κ1) is 12.9. The second-order valence-corrected chi connectivity index (χ2v) is 4.98. The van der Waals surface area contributed by atoms with E-state index in [2.05, 4.69) is 28.8 Å². The summed E-state index contributed by atoms with van der Waals surface area (Å²) >= 11 is 0. The summed E-state index contributed by atoms with van der Waals surface area (Å²) in [5.41, 5.74) is 8.02. The van der Waals surface area contributed by atoms with Crippen LogP contribution in [0.5, 0.6) is 0 Å². The molecule has 1 saturated carbocycles. The number of nitrogens with two attached hydrogens (primary N) is 1. The number of pyridine rings is 1. The third-order valence-corrected chi connectivity index (χ3v) is 3.41. The maximum atomic E-state index is 5.96. The summed E-state index contributed by atoms with van der Waals surface area (Å²) in [5.74, 6) is 3.54. The van der Waals surface area contributed by atoms with E-state index in [1.54, 1.807) is 0 Å². The molecule has 0 radical (unpaired) electrons. The molecule has 0 spiro atoms. The quantitative estimate of drug-likeness (QED) is 0.780. The minimum Gasteiger partial charge on any atom is -0.359 e. The highest BCUT2D eigenvalue weighted by Gasteiger charge is 2.24. The van der Waals surface area contributed by atoms with Crippen LogP contribution in [0.15, 0.2) is 18.3 Å². The van der Waals surface area contributed by atoms with Crippen LogP contribution in [0.2, 0.25) is 0 Å². The van der Waals surface area contributed by atoms with Crippen LogP contribution < -0.4 is 10.6 Å². The Kier molecular flexibility index (Phi) is 4.22. The van der Waals surface area contributed by atoms with Crippen LogP contribution in [0.4, 0.5) is 5.69 Å². The Hall–Kier alpha value is -1.53. The molecule has 0 unspecified atom stereocenters. The average Bonchev–Trinajstić information content (AvgIpc) is 3.21. The zero-order valence-electron chi connectivity index (χ0n) is 11.0. The van der Waals surface area contributed by atoms with Gasteiger partial charge >= 0.3 is 0 Å². The van der Waals surface area contributed by atoms with Crippen LogP contribution in [0.1, 0.15) is 37.9 Å². The van der Waals surface area contributed by atoms with Crippen molar-refractivity contribution >= 4 is 5.69 Å². The molecule has 0 amide bonds. The first-order valence-corrected chi connectivity index (χ1v) is 6.64. The van der Waals surface area contributed by atoms with Crippen molar-refractivity contribution in [2.75, 3.05) is 18.0 Å². The maximum absolute atomic E-state index is 5.96. The molecule has 1 atom stereocenters. The molecule has 2 N–H and O–H groups in total. The molecule has 96 valence electrons. The van der Waals surface area contributed by atoms with Crippen molar-refractivity contribution in [3.63, 3.8) is 0 Å². The largest absolute Gasteiger partial charge is 0.359 e. The van der Waals surface area contributed by atoms with E-state index in [-0.39, 0.29) is 6.04 Å². The first-order chi connectivity index (χ1) is 8.74. The fourth-order valence-electron chi connectivity index (χ4n) is 2.00. The van der Waals surface area contributed by atoms with Gasteiger partial charge in [-0.1, -0.05) is 12.8 Å². The predicted octanol–water partition coefficient (Wildman–Crippen LogP) is 2.34. The second-order valence-electron chi connectivity index (χ2n) is 4.98. The van der Waals surface area contributed by atoms with E-state index in [9.17, 15) is 0 Å². The topological polar surface area (TPSA) is 42.1 Å². The fourth-order valence-corrected chi connectivity index (χ4v) is 2.00. The molecule has 1 heterocycles. The number of hydrogen-bond donors (Lipinski definition) is 1. The minimum atomic E-state index is 0.0311. The van der Waals surface area contributed by atoms with Gasteiger partial charge in [0.25, 0.3) is 0 Å². The Morgan fingerprint density at radius 1 is 1.56 bits per heavy atom. The van der Waals surface area contributed by atoms with E-state index in [4.69, 9.17) is 12.2 Å². The van der Waals surface area contributed by atoms with Gasteiger partial charge in [-0.3, -0.25) is 4.98 Å². The average molecular weight is 243 g/mol. The highest BCUT2D eigenvalue weighted by Crippen LogP contribution is 2.31. The number of hydrogen-bond acceptors (Lipinski definition) is 3. The van der Waals surface area contributed by atoms with E-state index < -0.39 is 0 Å². The standard InChI is InChI=1S/C15H21N3/c1-3-9-18(11-12-5-6-12)13-7-8-15(17-10-13)14(16)4-2/h1,7-8,10,12,14H,4-6,9,11,16H2,2H3/t14-/m0/s1. The SMILES string of the molecule is C#CCN(CC1CC1)c1ccc([C@@H](N)CC)nc1. The molecule has 3 nitrogen and oxygen atoms in total. The molecule has 0 bridgehead atoms. The molecule has 1 aliphatic rings. The predicted molar refractivity (Wildman–Crippen MR) is 75.2 cm³/mol. The summed E-state index contributed by atoms with van der Waals surface area (Å²) in [5, 5.41) is 0. The number of aromatic nitrogens is 1. The molecule has 1 fully saturated rings. The normalized spacial score (nSPS) is 16.1. The Labute approximate surface area is 109 Å². The first-order valence-electron chi connectivity index (χ1n) is 6.64. The third-order valence-electron chi connectivity index (χ3n) is 3.41. The molecular formula is C15H21N3. The van der Waals surface area contributed by atoms with Gasteiger partial charge in [-0.15, -0.1) is 6.42 Å². The molecule has 3 heteroatoms. The zero-order chi connectivity index (χ0) is 13.0. The van der Waals surface area contributed by atoms with Crippen molar-refractivity contribution in [3.8, 4) is 12.3 Å². The van der Waals surface area contributed by atoms with Gasteiger partial charge in [0.05, 0.1) is 24.1 Å². The summed E-state index contributed by atoms with van der Waals surface area (Å²) in [6.45, 7) is 3.76. The van der Waals surface area contributed by atoms with Gasteiger partial charge < -0.3 is 10.6 Å². The van der Waals surface area contributed by atoms with Gasteiger partial charge in [-0.2, -0.15) is 0 Å². The molecule has 18 heavy (non-hydrogen) atoms.